The zero-order chi connectivity index (χ0) is 12.0. The molecular weight excluding hydrogens is 232 g/mol. The van der Waals surface area contributed by atoms with Crippen LogP contribution in [-0.2, 0) is 13.5 Å². The highest BCUT2D eigenvalue weighted by molar-refractivity contribution is 6.35. The number of aromatic nitrogens is 1. The molecule has 0 fully saturated rings. The molecular formula is C14H17ClN2. The number of halogens is 1. The van der Waals surface area contributed by atoms with E-state index >= 15 is 0 Å². The van der Waals surface area contributed by atoms with Gasteiger partial charge in [-0.25, -0.2) is 0 Å². The first-order valence-corrected chi connectivity index (χ1v) is 6.54. The minimum absolute atomic E-state index is 0.465. The number of hydrogen-bond donors (Lipinski definition) is 1. The van der Waals surface area contributed by atoms with E-state index in [4.69, 9.17) is 11.6 Å². The fourth-order valence-corrected chi connectivity index (χ4v) is 3.47. The molecule has 0 aliphatic heterocycles. The zero-order valence-electron chi connectivity index (χ0n) is 10.3. The van der Waals surface area contributed by atoms with E-state index in [-0.39, 0.29) is 0 Å². The zero-order valence-corrected chi connectivity index (χ0v) is 11.0. The van der Waals surface area contributed by atoms with Gasteiger partial charge in [-0.15, -0.1) is 0 Å². The molecule has 3 rings (SSSR count). The molecule has 1 N–H and O–H groups in total. The fourth-order valence-electron chi connectivity index (χ4n) is 3.17. The van der Waals surface area contributed by atoms with Gasteiger partial charge in [0, 0.05) is 24.2 Å². The number of para-hydroxylation sites is 1. The van der Waals surface area contributed by atoms with Crippen molar-refractivity contribution < 1.29 is 0 Å². The van der Waals surface area contributed by atoms with Crippen molar-refractivity contribution in [2.24, 2.45) is 7.05 Å². The van der Waals surface area contributed by atoms with Gasteiger partial charge in [-0.3, -0.25) is 0 Å². The Morgan fingerprint density at radius 2 is 2.24 bits per heavy atom. The lowest BCUT2D eigenvalue weighted by Crippen LogP contribution is -2.23. The Labute approximate surface area is 107 Å². The van der Waals surface area contributed by atoms with Crippen LogP contribution in [0.15, 0.2) is 18.2 Å². The third-order valence-corrected chi connectivity index (χ3v) is 4.22. The van der Waals surface area contributed by atoms with Crippen LogP contribution in [0, 0.1) is 0 Å². The van der Waals surface area contributed by atoms with Crippen LogP contribution < -0.4 is 5.32 Å². The summed E-state index contributed by atoms with van der Waals surface area (Å²) in [6.07, 6.45) is 3.64. The molecule has 0 bridgehead atoms. The van der Waals surface area contributed by atoms with E-state index in [1.165, 1.54) is 41.4 Å². The van der Waals surface area contributed by atoms with Crippen LogP contribution >= 0.6 is 11.6 Å². The smallest absolute Gasteiger partial charge is 0.0672 e. The van der Waals surface area contributed by atoms with Crippen molar-refractivity contribution in [3.8, 4) is 0 Å². The summed E-state index contributed by atoms with van der Waals surface area (Å²) in [5, 5.41) is 5.60. The Morgan fingerprint density at radius 1 is 1.41 bits per heavy atom. The molecule has 2 nitrogen and oxygen atoms in total. The van der Waals surface area contributed by atoms with Crippen LogP contribution in [0.4, 0.5) is 0 Å². The highest BCUT2D eigenvalue weighted by Gasteiger charge is 2.25. The summed E-state index contributed by atoms with van der Waals surface area (Å²) >= 11 is 6.33. The molecule has 90 valence electrons. The summed E-state index contributed by atoms with van der Waals surface area (Å²) in [7, 11) is 4.17. The van der Waals surface area contributed by atoms with Crippen LogP contribution in [0.25, 0.3) is 10.9 Å². The average Bonchev–Trinajstić information content (AvgIpc) is 2.65. The number of benzene rings is 1. The molecule has 3 heteroatoms. The van der Waals surface area contributed by atoms with Gasteiger partial charge in [-0.1, -0.05) is 23.7 Å². The van der Waals surface area contributed by atoms with Gasteiger partial charge < -0.3 is 9.88 Å². The SMILES string of the molecule is CNC1CCCc2c1n(C)c1c(Cl)cccc21. The predicted octanol–water partition coefficient (Wildman–Crippen LogP) is 3.43. The van der Waals surface area contributed by atoms with Gasteiger partial charge in [0.15, 0.2) is 0 Å². The maximum Gasteiger partial charge on any atom is 0.0672 e. The molecule has 1 aromatic carbocycles. The molecule has 1 unspecified atom stereocenters. The molecule has 1 heterocycles. The molecule has 0 radical (unpaired) electrons. The van der Waals surface area contributed by atoms with Crippen molar-refractivity contribution in [3.63, 3.8) is 0 Å². The molecule has 0 saturated carbocycles. The van der Waals surface area contributed by atoms with E-state index in [0.29, 0.717) is 6.04 Å². The molecule has 1 aliphatic carbocycles. The van der Waals surface area contributed by atoms with Gasteiger partial charge in [-0.2, -0.15) is 0 Å². The van der Waals surface area contributed by atoms with E-state index in [2.05, 4.69) is 23.0 Å². The van der Waals surface area contributed by atoms with Gasteiger partial charge in [0.25, 0.3) is 0 Å². The van der Waals surface area contributed by atoms with Crippen molar-refractivity contribution in [2.45, 2.75) is 25.3 Å². The van der Waals surface area contributed by atoms with Crippen LogP contribution in [0.2, 0.25) is 5.02 Å². The predicted molar refractivity (Wildman–Crippen MR) is 72.7 cm³/mol. The number of aryl methyl sites for hydroxylation is 2. The Balaban J connectivity index is 2.37. The highest BCUT2D eigenvalue weighted by Crippen LogP contribution is 2.38. The Hall–Kier alpha value is -0.990. The first-order chi connectivity index (χ1) is 8.24. The fraction of sp³-hybridized carbons (Fsp3) is 0.429. The van der Waals surface area contributed by atoms with Gasteiger partial charge in [0.2, 0.25) is 0 Å². The van der Waals surface area contributed by atoms with Gasteiger partial charge >= 0.3 is 0 Å². The third kappa shape index (κ3) is 1.51. The van der Waals surface area contributed by atoms with E-state index in [1.807, 2.05) is 19.2 Å². The molecule has 0 amide bonds. The number of rotatable bonds is 1. The van der Waals surface area contributed by atoms with Crippen molar-refractivity contribution >= 4 is 22.5 Å². The Kier molecular flexibility index (Phi) is 2.64. The second kappa shape index (κ2) is 4.04. The summed E-state index contributed by atoms with van der Waals surface area (Å²) in [5.74, 6) is 0. The largest absolute Gasteiger partial charge is 0.345 e. The first kappa shape index (κ1) is 11.1. The van der Waals surface area contributed by atoms with Crippen LogP contribution in [0.5, 0.6) is 0 Å². The minimum atomic E-state index is 0.465. The van der Waals surface area contributed by atoms with Gasteiger partial charge in [0.1, 0.15) is 0 Å². The summed E-state index contributed by atoms with van der Waals surface area (Å²) < 4.78 is 2.27. The second-order valence-corrected chi connectivity index (χ2v) is 5.20. The maximum atomic E-state index is 6.33. The number of nitrogens with one attached hydrogen (secondary N) is 1. The minimum Gasteiger partial charge on any atom is -0.345 e. The van der Waals surface area contributed by atoms with Crippen molar-refractivity contribution in [1.29, 1.82) is 0 Å². The van der Waals surface area contributed by atoms with Gasteiger partial charge in [0.05, 0.1) is 10.5 Å². The molecule has 2 aromatic rings. The molecule has 17 heavy (non-hydrogen) atoms. The van der Waals surface area contributed by atoms with E-state index in [0.717, 1.165) is 5.02 Å². The van der Waals surface area contributed by atoms with Gasteiger partial charge in [-0.05, 0) is 37.9 Å². The van der Waals surface area contributed by atoms with Crippen LogP contribution in [-0.4, -0.2) is 11.6 Å². The van der Waals surface area contributed by atoms with Crippen LogP contribution in [0.1, 0.15) is 30.1 Å². The molecule has 1 aromatic heterocycles. The topological polar surface area (TPSA) is 17.0 Å². The summed E-state index contributed by atoms with van der Waals surface area (Å²) in [4.78, 5) is 0. The number of nitrogens with zero attached hydrogens (tertiary/aromatic N) is 1. The first-order valence-electron chi connectivity index (χ1n) is 6.17. The maximum absolute atomic E-state index is 6.33. The van der Waals surface area contributed by atoms with Crippen LogP contribution in [0.3, 0.4) is 0 Å². The van der Waals surface area contributed by atoms with Crippen molar-refractivity contribution in [3.05, 3.63) is 34.5 Å². The number of hydrogen-bond acceptors (Lipinski definition) is 1. The highest BCUT2D eigenvalue weighted by atomic mass is 35.5. The lowest BCUT2D eigenvalue weighted by molar-refractivity contribution is 0.474. The quantitative estimate of drug-likeness (QED) is 0.818. The van der Waals surface area contributed by atoms with Crippen molar-refractivity contribution in [1.82, 2.24) is 9.88 Å². The summed E-state index contributed by atoms with van der Waals surface area (Å²) in [5.41, 5.74) is 4.08. The molecule has 0 saturated heterocycles. The summed E-state index contributed by atoms with van der Waals surface area (Å²) in [6.45, 7) is 0. The second-order valence-electron chi connectivity index (χ2n) is 4.79. The Bertz CT molecular complexity index is 571. The van der Waals surface area contributed by atoms with E-state index in [1.54, 1.807) is 0 Å². The molecule has 0 spiro atoms. The molecule has 1 aliphatic rings. The van der Waals surface area contributed by atoms with Crippen molar-refractivity contribution in [2.75, 3.05) is 7.05 Å². The monoisotopic (exact) mass is 248 g/mol. The normalized spacial score (nSPS) is 19.6. The number of fused-ring (bicyclic) bond motifs is 3. The average molecular weight is 249 g/mol. The standard InChI is InChI=1S/C14H17ClN2/c1-16-12-8-4-6-10-9-5-3-7-11(15)13(9)17(2)14(10)12/h3,5,7,12,16H,4,6,8H2,1-2H3. The van der Waals surface area contributed by atoms with E-state index < -0.39 is 0 Å². The lowest BCUT2D eigenvalue weighted by Gasteiger charge is -2.24. The third-order valence-electron chi connectivity index (χ3n) is 3.92. The lowest BCUT2D eigenvalue weighted by atomic mass is 9.92. The molecule has 1 atom stereocenters. The van der Waals surface area contributed by atoms with E-state index in [9.17, 15) is 0 Å². The summed E-state index contributed by atoms with van der Waals surface area (Å²) in [6, 6.07) is 6.68. The Morgan fingerprint density at radius 3 is 3.00 bits per heavy atom.